The molecule has 4 nitrogen and oxygen atoms in total. The first-order chi connectivity index (χ1) is 8.99. The monoisotopic (exact) mass is 267 g/mol. The number of nitrogens with two attached hydrogens (primary N) is 1. The van der Waals surface area contributed by atoms with Crippen LogP contribution in [0.5, 0.6) is 5.75 Å². The zero-order valence-corrected chi connectivity index (χ0v) is 10.9. The van der Waals surface area contributed by atoms with Crippen LogP contribution in [0.1, 0.15) is 43.0 Å². The lowest BCUT2D eigenvalue weighted by Gasteiger charge is -2.28. The second-order valence-corrected chi connectivity index (χ2v) is 5.15. The molecule has 0 bridgehead atoms. The van der Waals surface area contributed by atoms with E-state index >= 15 is 0 Å². The number of hydrogen-bond donors (Lipinski definition) is 2. The minimum atomic E-state index is -1.27. The number of aromatic carboxylic acids is 1. The van der Waals surface area contributed by atoms with Gasteiger partial charge in [-0.3, -0.25) is 0 Å². The maximum Gasteiger partial charge on any atom is 0.341 e. The van der Waals surface area contributed by atoms with Crippen molar-refractivity contribution in [2.24, 2.45) is 5.92 Å². The average Bonchev–Trinajstić information content (AvgIpc) is 2.33. The third-order valence-electron chi connectivity index (χ3n) is 3.55. The van der Waals surface area contributed by atoms with Crippen LogP contribution in [-0.2, 0) is 0 Å². The highest BCUT2D eigenvalue weighted by atomic mass is 19.1. The zero-order chi connectivity index (χ0) is 14.0. The van der Waals surface area contributed by atoms with E-state index in [9.17, 15) is 9.18 Å². The van der Waals surface area contributed by atoms with Gasteiger partial charge in [0.15, 0.2) is 0 Å². The van der Waals surface area contributed by atoms with Crippen LogP contribution in [0, 0.1) is 11.7 Å². The maximum atomic E-state index is 13.3. The van der Waals surface area contributed by atoms with Gasteiger partial charge in [0.2, 0.25) is 0 Å². The Bertz CT molecular complexity index is 490. The first-order valence-electron chi connectivity index (χ1n) is 6.47. The normalized spacial score (nSPS) is 23.1. The number of benzene rings is 1. The highest BCUT2D eigenvalue weighted by Crippen LogP contribution is 2.32. The summed E-state index contributed by atoms with van der Waals surface area (Å²) in [5.41, 5.74) is 4.83. The smallest absolute Gasteiger partial charge is 0.341 e. The fraction of sp³-hybridized carbons (Fsp3) is 0.500. The molecule has 0 saturated heterocycles. The van der Waals surface area contributed by atoms with Gasteiger partial charge in [0.25, 0.3) is 0 Å². The molecule has 0 aliphatic heterocycles. The van der Waals surface area contributed by atoms with E-state index < -0.39 is 11.8 Å². The molecule has 1 aromatic carbocycles. The van der Waals surface area contributed by atoms with Gasteiger partial charge in [-0.1, -0.05) is 13.3 Å². The quantitative estimate of drug-likeness (QED) is 0.825. The van der Waals surface area contributed by atoms with E-state index in [0.29, 0.717) is 5.92 Å². The van der Waals surface area contributed by atoms with Gasteiger partial charge in [-0.15, -0.1) is 0 Å². The van der Waals surface area contributed by atoms with Crippen molar-refractivity contribution in [2.45, 2.75) is 38.7 Å². The van der Waals surface area contributed by atoms with Crippen LogP contribution in [-0.4, -0.2) is 17.2 Å². The maximum absolute atomic E-state index is 13.3. The highest BCUT2D eigenvalue weighted by molar-refractivity contribution is 5.96. The van der Waals surface area contributed by atoms with Gasteiger partial charge in [0.05, 0.1) is 11.8 Å². The Morgan fingerprint density at radius 3 is 2.84 bits per heavy atom. The molecule has 0 amide bonds. The molecule has 1 aromatic rings. The van der Waals surface area contributed by atoms with Crippen LogP contribution in [0.15, 0.2) is 12.1 Å². The molecule has 2 rings (SSSR count). The summed E-state index contributed by atoms with van der Waals surface area (Å²) in [6, 6.07) is 2.48. The Hall–Kier alpha value is -1.78. The van der Waals surface area contributed by atoms with Crippen LogP contribution in [0.25, 0.3) is 0 Å². The number of carbonyl (C=O) groups is 1. The molecular weight excluding hydrogens is 249 g/mol. The number of halogens is 1. The molecule has 2 atom stereocenters. The van der Waals surface area contributed by atoms with Gasteiger partial charge in [-0.25, -0.2) is 9.18 Å². The lowest BCUT2D eigenvalue weighted by atomic mass is 9.88. The Labute approximate surface area is 111 Å². The molecule has 0 spiro atoms. The van der Waals surface area contributed by atoms with E-state index in [1.165, 1.54) is 6.07 Å². The first-order valence-corrected chi connectivity index (χ1v) is 6.47. The van der Waals surface area contributed by atoms with Crippen molar-refractivity contribution in [2.75, 3.05) is 5.73 Å². The van der Waals surface area contributed by atoms with Gasteiger partial charge in [-0.2, -0.15) is 0 Å². The molecule has 2 unspecified atom stereocenters. The molecule has 5 heteroatoms. The van der Waals surface area contributed by atoms with Crippen molar-refractivity contribution in [3.05, 3.63) is 23.5 Å². The molecule has 0 radical (unpaired) electrons. The number of ether oxygens (including phenoxy) is 1. The van der Waals surface area contributed by atoms with Gasteiger partial charge >= 0.3 is 5.97 Å². The van der Waals surface area contributed by atoms with Gasteiger partial charge < -0.3 is 15.6 Å². The zero-order valence-electron chi connectivity index (χ0n) is 10.9. The lowest BCUT2D eigenvalue weighted by Crippen LogP contribution is -2.25. The fourth-order valence-electron chi connectivity index (χ4n) is 2.56. The highest BCUT2D eigenvalue weighted by Gasteiger charge is 2.24. The first kappa shape index (κ1) is 13.6. The largest absolute Gasteiger partial charge is 0.489 e. The number of nitrogen functional groups attached to an aromatic ring is 1. The van der Waals surface area contributed by atoms with Gasteiger partial charge in [0.1, 0.15) is 17.1 Å². The van der Waals surface area contributed by atoms with Crippen molar-refractivity contribution in [1.82, 2.24) is 0 Å². The average molecular weight is 267 g/mol. The Balaban J connectivity index is 2.24. The Morgan fingerprint density at radius 1 is 1.47 bits per heavy atom. The summed E-state index contributed by atoms with van der Waals surface area (Å²) in [4.78, 5) is 11.2. The van der Waals surface area contributed by atoms with Crippen LogP contribution >= 0.6 is 0 Å². The summed E-state index contributed by atoms with van der Waals surface area (Å²) in [6.45, 7) is 2.15. The predicted molar refractivity (Wildman–Crippen MR) is 69.8 cm³/mol. The molecule has 1 saturated carbocycles. The van der Waals surface area contributed by atoms with E-state index in [2.05, 4.69) is 6.92 Å². The molecule has 1 aliphatic carbocycles. The third-order valence-corrected chi connectivity index (χ3v) is 3.55. The Morgan fingerprint density at radius 2 is 2.21 bits per heavy atom. The molecular formula is C14H18FNO3. The number of anilines is 1. The van der Waals surface area contributed by atoms with E-state index in [1.807, 2.05) is 0 Å². The summed E-state index contributed by atoms with van der Waals surface area (Å²) in [5.74, 6) is -1.28. The topological polar surface area (TPSA) is 72.5 Å². The number of carboxylic acids is 1. The van der Waals surface area contributed by atoms with Crippen LogP contribution in [0.4, 0.5) is 10.1 Å². The second kappa shape index (κ2) is 5.47. The molecule has 0 aromatic heterocycles. The van der Waals surface area contributed by atoms with Gasteiger partial charge in [-0.05, 0) is 37.3 Å². The molecule has 1 aliphatic rings. The van der Waals surface area contributed by atoms with E-state index in [4.69, 9.17) is 15.6 Å². The SMILES string of the molecule is CC1CCCC(Oc2ccc(F)c(N)c2C(=O)O)C1. The summed E-state index contributed by atoms with van der Waals surface area (Å²) in [5, 5.41) is 9.13. The summed E-state index contributed by atoms with van der Waals surface area (Å²) >= 11 is 0. The molecule has 0 heterocycles. The molecule has 3 N–H and O–H groups in total. The van der Waals surface area contributed by atoms with Crippen LogP contribution < -0.4 is 10.5 Å². The van der Waals surface area contributed by atoms with E-state index in [1.54, 1.807) is 0 Å². The van der Waals surface area contributed by atoms with Crippen LogP contribution in [0.2, 0.25) is 0 Å². The number of rotatable bonds is 3. The predicted octanol–water partition coefficient (Wildman–Crippen LogP) is 3.06. The Kier molecular flexibility index (Phi) is 3.93. The fourth-order valence-corrected chi connectivity index (χ4v) is 2.56. The summed E-state index contributed by atoms with van der Waals surface area (Å²) in [7, 11) is 0. The van der Waals surface area contributed by atoms with Gasteiger partial charge in [0, 0.05) is 0 Å². The van der Waals surface area contributed by atoms with Crippen molar-refractivity contribution >= 4 is 11.7 Å². The van der Waals surface area contributed by atoms with E-state index in [-0.39, 0.29) is 23.1 Å². The lowest BCUT2D eigenvalue weighted by molar-refractivity contribution is 0.0684. The summed E-state index contributed by atoms with van der Waals surface area (Å²) < 4.78 is 19.0. The van der Waals surface area contributed by atoms with Crippen molar-refractivity contribution in [3.63, 3.8) is 0 Å². The molecule has 1 fully saturated rings. The second-order valence-electron chi connectivity index (χ2n) is 5.15. The van der Waals surface area contributed by atoms with Crippen molar-refractivity contribution in [1.29, 1.82) is 0 Å². The van der Waals surface area contributed by atoms with Crippen molar-refractivity contribution in [3.8, 4) is 5.75 Å². The van der Waals surface area contributed by atoms with E-state index in [0.717, 1.165) is 31.7 Å². The molecule has 19 heavy (non-hydrogen) atoms. The number of carboxylic acid groups (broad SMARTS) is 1. The number of hydrogen-bond acceptors (Lipinski definition) is 3. The minimum absolute atomic E-state index is 0.0216. The summed E-state index contributed by atoms with van der Waals surface area (Å²) in [6.07, 6.45) is 3.98. The third kappa shape index (κ3) is 2.97. The molecule has 104 valence electrons. The van der Waals surface area contributed by atoms with Crippen molar-refractivity contribution < 1.29 is 19.0 Å². The van der Waals surface area contributed by atoms with Crippen LogP contribution in [0.3, 0.4) is 0 Å². The standard InChI is InChI=1S/C14H18FNO3/c1-8-3-2-4-9(7-8)19-11-6-5-10(15)13(16)12(11)14(17)18/h5-6,8-9H,2-4,7,16H2,1H3,(H,17,18). The minimum Gasteiger partial charge on any atom is -0.489 e.